The number of aromatic nitrogens is 1. The summed E-state index contributed by atoms with van der Waals surface area (Å²) in [7, 11) is -3.63. The van der Waals surface area contributed by atoms with Crippen molar-refractivity contribution < 1.29 is 13.2 Å². The lowest BCUT2D eigenvalue weighted by molar-refractivity contribution is 0.123. The van der Waals surface area contributed by atoms with Crippen LogP contribution in [-0.4, -0.2) is 33.2 Å². The summed E-state index contributed by atoms with van der Waals surface area (Å²) in [5.74, 6) is 0.721. The van der Waals surface area contributed by atoms with Crippen molar-refractivity contribution in [3.8, 4) is 0 Å². The van der Waals surface area contributed by atoms with E-state index in [0.717, 1.165) is 12.5 Å². The van der Waals surface area contributed by atoms with Gasteiger partial charge in [0.1, 0.15) is 10.0 Å². The van der Waals surface area contributed by atoms with E-state index >= 15 is 0 Å². The van der Waals surface area contributed by atoms with Gasteiger partial charge in [0.25, 0.3) is 0 Å². The van der Waals surface area contributed by atoms with Crippen LogP contribution in [0.25, 0.3) is 0 Å². The largest absolute Gasteiger partial charge is 0.381 e. The molecule has 5 nitrogen and oxygen atoms in total. The van der Waals surface area contributed by atoms with Crippen molar-refractivity contribution >= 4 is 37.6 Å². The minimum Gasteiger partial charge on any atom is -0.381 e. The Balaban J connectivity index is 1.79. The standard InChI is InChI=1S/C12H16BrClN2O3S/c13-10-6-11(12(14)15-7-10)20(17,18)16-4-1-5-19-8-9-2-3-9/h6-7,9,16H,1-5,8H2. The van der Waals surface area contributed by atoms with Gasteiger partial charge in [-0.05, 0) is 47.2 Å². The molecule has 0 unspecified atom stereocenters. The van der Waals surface area contributed by atoms with E-state index in [0.29, 0.717) is 24.0 Å². The topological polar surface area (TPSA) is 68.3 Å². The van der Waals surface area contributed by atoms with E-state index in [1.807, 2.05) is 0 Å². The molecule has 0 amide bonds. The Morgan fingerprint density at radius 2 is 2.25 bits per heavy atom. The summed E-state index contributed by atoms with van der Waals surface area (Å²) in [6, 6.07) is 1.43. The van der Waals surface area contributed by atoms with Crippen LogP contribution >= 0.6 is 27.5 Å². The Morgan fingerprint density at radius 1 is 1.50 bits per heavy atom. The van der Waals surface area contributed by atoms with Crippen LogP contribution in [0.2, 0.25) is 5.15 Å². The van der Waals surface area contributed by atoms with Gasteiger partial charge in [-0.3, -0.25) is 0 Å². The maximum absolute atomic E-state index is 12.1. The second-order valence-electron chi connectivity index (χ2n) is 4.71. The van der Waals surface area contributed by atoms with Gasteiger partial charge < -0.3 is 4.74 Å². The first-order valence-corrected chi connectivity index (χ1v) is 9.03. The molecule has 1 aromatic rings. The highest BCUT2D eigenvalue weighted by Crippen LogP contribution is 2.28. The molecule has 0 radical (unpaired) electrons. The minimum atomic E-state index is -3.63. The van der Waals surface area contributed by atoms with Crippen LogP contribution in [0.1, 0.15) is 19.3 Å². The second kappa shape index (κ2) is 7.17. The van der Waals surface area contributed by atoms with Gasteiger partial charge in [-0.25, -0.2) is 18.1 Å². The normalized spacial score (nSPS) is 15.5. The van der Waals surface area contributed by atoms with Crippen LogP contribution in [0.3, 0.4) is 0 Å². The van der Waals surface area contributed by atoms with Gasteiger partial charge in [-0.2, -0.15) is 0 Å². The molecule has 0 aromatic carbocycles. The van der Waals surface area contributed by atoms with Crippen molar-refractivity contribution in [1.82, 2.24) is 9.71 Å². The summed E-state index contributed by atoms with van der Waals surface area (Å²) in [6.07, 6.45) is 4.58. The predicted molar refractivity (Wildman–Crippen MR) is 80.3 cm³/mol. The first kappa shape index (κ1) is 16.2. The van der Waals surface area contributed by atoms with Gasteiger partial charge >= 0.3 is 0 Å². The molecule has 0 aliphatic heterocycles. The fraction of sp³-hybridized carbons (Fsp3) is 0.583. The fourth-order valence-corrected chi connectivity index (χ4v) is 3.60. The fourth-order valence-electron chi connectivity index (χ4n) is 1.59. The number of hydrogen-bond acceptors (Lipinski definition) is 4. The van der Waals surface area contributed by atoms with E-state index in [1.165, 1.54) is 25.1 Å². The lowest BCUT2D eigenvalue weighted by atomic mass is 10.4. The van der Waals surface area contributed by atoms with E-state index in [9.17, 15) is 8.42 Å². The quantitative estimate of drug-likeness (QED) is 0.553. The molecule has 1 aromatic heterocycles. The van der Waals surface area contributed by atoms with Crippen LogP contribution in [0.4, 0.5) is 0 Å². The molecule has 1 heterocycles. The van der Waals surface area contributed by atoms with Crippen LogP contribution in [0.5, 0.6) is 0 Å². The van der Waals surface area contributed by atoms with E-state index in [2.05, 4.69) is 25.6 Å². The number of nitrogens with zero attached hydrogens (tertiary/aromatic N) is 1. The number of ether oxygens (including phenoxy) is 1. The Hall–Kier alpha value is -0.210. The Bertz CT molecular complexity index is 564. The number of nitrogens with one attached hydrogen (secondary N) is 1. The van der Waals surface area contributed by atoms with Crippen molar-refractivity contribution in [2.45, 2.75) is 24.2 Å². The Morgan fingerprint density at radius 3 is 2.95 bits per heavy atom. The third-order valence-electron chi connectivity index (χ3n) is 2.87. The summed E-state index contributed by atoms with van der Waals surface area (Å²) in [5, 5.41) is -0.0364. The number of rotatable bonds is 8. The van der Waals surface area contributed by atoms with Crippen LogP contribution in [0, 0.1) is 5.92 Å². The van der Waals surface area contributed by atoms with Crippen LogP contribution in [-0.2, 0) is 14.8 Å². The number of halogens is 2. The van der Waals surface area contributed by atoms with Crippen LogP contribution < -0.4 is 4.72 Å². The van der Waals surface area contributed by atoms with Crippen molar-refractivity contribution in [3.63, 3.8) is 0 Å². The molecule has 1 aliphatic carbocycles. The zero-order valence-electron chi connectivity index (χ0n) is 10.8. The van der Waals surface area contributed by atoms with Crippen molar-refractivity contribution in [2.75, 3.05) is 19.8 Å². The monoisotopic (exact) mass is 382 g/mol. The van der Waals surface area contributed by atoms with Crippen molar-refractivity contribution in [1.29, 1.82) is 0 Å². The highest BCUT2D eigenvalue weighted by Gasteiger charge is 2.21. The summed E-state index contributed by atoms with van der Waals surface area (Å²) in [6.45, 7) is 1.66. The molecule has 1 saturated carbocycles. The average Bonchev–Trinajstić information content (AvgIpc) is 3.20. The average molecular weight is 384 g/mol. The van der Waals surface area contributed by atoms with Gasteiger partial charge in [0.15, 0.2) is 0 Å². The maximum atomic E-state index is 12.1. The summed E-state index contributed by atoms with van der Waals surface area (Å²) >= 11 is 8.99. The first-order chi connectivity index (χ1) is 9.49. The molecule has 20 heavy (non-hydrogen) atoms. The van der Waals surface area contributed by atoms with E-state index in [1.54, 1.807) is 0 Å². The third-order valence-corrected chi connectivity index (χ3v) is 5.19. The molecular weight excluding hydrogens is 368 g/mol. The van der Waals surface area contributed by atoms with Gasteiger partial charge in [-0.1, -0.05) is 11.6 Å². The highest BCUT2D eigenvalue weighted by atomic mass is 79.9. The molecule has 112 valence electrons. The van der Waals surface area contributed by atoms with Crippen molar-refractivity contribution in [2.24, 2.45) is 5.92 Å². The van der Waals surface area contributed by atoms with Gasteiger partial charge in [0.2, 0.25) is 10.0 Å². The van der Waals surface area contributed by atoms with E-state index in [-0.39, 0.29) is 10.0 Å². The summed E-state index contributed by atoms with van der Waals surface area (Å²) in [4.78, 5) is 3.78. The van der Waals surface area contributed by atoms with Crippen molar-refractivity contribution in [3.05, 3.63) is 21.9 Å². The molecule has 0 saturated heterocycles. The molecule has 1 fully saturated rings. The van der Waals surface area contributed by atoms with E-state index < -0.39 is 10.0 Å². The summed E-state index contributed by atoms with van der Waals surface area (Å²) in [5.41, 5.74) is 0. The van der Waals surface area contributed by atoms with Gasteiger partial charge in [-0.15, -0.1) is 0 Å². The van der Waals surface area contributed by atoms with Crippen LogP contribution in [0.15, 0.2) is 21.6 Å². The minimum absolute atomic E-state index is 0.0209. The molecule has 1 aliphatic rings. The lowest BCUT2D eigenvalue weighted by Gasteiger charge is -2.08. The molecular formula is C12H16BrClN2O3S. The number of hydrogen-bond donors (Lipinski definition) is 1. The zero-order valence-corrected chi connectivity index (χ0v) is 14.0. The smallest absolute Gasteiger partial charge is 0.243 e. The number of sulfonamides is 1. The third kappa shape index (κ3) is 4.96. The SMILES string of the molecule is O=S(=O)(NCCCOCC1CC1)c1cc(Br)cnc1Cl. The second-order valence-corrected chi connectivity index (χ2v) is 7.72. The Labute approximate surface area is 132 Å². The molecule has 2 rings (SSSR count). The molecule has 0 spiro atoms. The first-order valence-electron chi connectivity index (χ1n) is 6.37. The number of pyridine rings is 1. The zero-order chi connectivity index (χ0) is 14.6. The highest BCUT2D eigenvalue weighted by molar-refractivity contribution is 9.10. The lowest BCUT2D eigenvalue weighted by Crippen LogP contribution is -2.26. The molecule has 0 atom stereocenters. The summed E-state index contributed by atoms with van der Waals surface area (Å²) < 4.78 is 32.6. The molecule has 1 N–H and O–H groups in total. The Kier molecular flexibility index (Phi) is 5.80. The van der Waals surface area contributed by atoms with Gasteiger partial charge in [0, 0.05) is 30.4 Å². The molecule has 0 bridgehead atoms. The molecule has 8 heteroatoms. The predicted octanol–water partition coefficient (Wildman–Crippen LogP) is 2.59. The van der Waals surface area contributed by atoms with Gasteiger partial charge in [0.05, 0.1) is 0 Å². The maximum Gasteiger partial charge on any atom is 0.243 e. The van der Waals surface area contributed by atoms with E-state index in [4.69, 9.17) is 16.3 Å².